The SMILES string of the molecule is Cc1noc(C)c1S(=O)(=O)NCCCC(C)Cl. The number of halogens is 1. The normalized spacial score (nSPS) is 13.9. The van der Waals surface area contributed by atoms with Crippen molar-refractivity contribution < 1.29 is 12.9 Å². The fraction of sp³-hybridized carbons (Fsp3) is 0.700. The van der Waals surface area contributed by atoms with Crippen LogP contribution in [0, 0.1) is 13.8 Å². The van der Waals surface area contributed by atoms with Gasteiger partial charge >= 0.3 is 0 Å². The summed E-state index contributed by atoms with van der Waals surface area (Å²) in [4.78, 5) is 0.136. The molecule has 1 atom stereocenters. The van der Waals surface area contributed by atoms with Crippen molar-refractivity contribution in [2.24, 2.45) is 0 Å². The Morgan fingerprint density at radius 3 is 2.59 bits per heavy atom. The van der Waals surface area contributed by atoms with E-state index in [9.17, 15) is 8.42 Å². The lowest BCUT2D eigenvalue weighted by Crippen LogP contribution is -2.26. The Kier molecular flexibility index (Phi) is 4.97. The van der Waals surface area contributed by atoms with Crippen molar-refractivity contribution in [3.8, 4) is 0 Å². The highest BCUT2D eigenvalue weighted by Crippen LogP contribution is 2.18. The Bertz CT molecular complexity index is 448. The molecular weight excluding hydrogens is 264 g/mol. The summed E-state index contributed by atoms with van der Waals surface area (Å²) in [7, 11) is -3.53. The highest BCUT2D eigenvalue weighted by molar-refractivity contribution is 7.89. The molecule has 0 saturated carbocycles. The molecule has 0 amide bonds. The van der Waals surface area contributed by atoms with Gasteiger partial charge in [-0.05, 0) is 33.6 Å². The molecule has 0 bridgehead atoms. The van der Waals surface area contributed by atoms with E-state index < -0.39 is 10.0 Å². The molecule has 98 valence electrons. The zero-order chi connectivity index (χ0) is 13.1. The Hall–Kier alpha value is -0.590. The molecule has 1 heterocycles. The van der Waals surface area contributed by atoms with E-state index in [1.165, 1.54) is 0 Å². The van der Waals surface area contributed by atoms with Crippen LogP contribution in [-0.2, 0) is 10.0 Å². The van der Waals surface area contributed by atoms with Crippen molar-refractivity contribution >= 4 is 21.6 Å². The van der Waals surface area contributed by atoms with Gasteiger partial charge in [0, 0.05) is 11.9 Å². The molecule has 1 N–H and O–H groups in total. The first kappa shape index (κ1) is 14.5. The van der Waals surface area contributed by atoms with Gasteiger partial charge in [-0.25, -0.2) is 13.1 Å². The molecule has 0 fully saturated rings. The summed E-state index contributed by atoms with van der Waals surface area (Å²) in [5.74, 6) is 0.306. The monoisotopic (exact) mass is 280 g/mol. The summed E-state index contributed by atoms with van der Waals surface area (Å²) >= 11 is 5.78. The van der Waals surface area contributed by atoms with Gasteiger partial charge in [-0.3, -0.25) is 0 Å². The quantitative estimate of drug-likeness (QED) is 0.639. The largest absolute Gasteiger partial charge is 0.360 e. The minimum atomic E-state index is -3.53. The highest BCUT2D eigenvalue weighted by atomic mass is 35.5. The zero-order valence-corrected chi connectivity index (χ0v) is 11.7. The molecule has 5 nitrogen and oxygen atoms in total. The van der Waals surface area contributed by atoms with Crippen LogP contribution in [-0.4, -0.2) is 25.5 Å². The van der Waals surface area contributed by atoms with Crippen LogP contribution in [0.5, 0.6) is 0 Å². The lowest BCUT2D eigenvalue weighted by Gasteiger charge is -2.06. The smallest absolute Gasteiger partial charge is 0.245 e. The number of nitrogens with zero attached hydrogens (tertiary/aromatic N) is 1. The first-order valence-electron chi connectivity index (χ1n) is 5.41. The average molecular weight is 281 g/mol. The molecule has 0 aliphatic heterocycles. The number of aromatic nitrogens is 1. The molecule has 1 aromatic heterocycles. The van der Waals surface area contributed by atoms with E-state index in [1.54, 1.807) is 13.8 Å². The van der Waals surface area contributed by atoms with Crippen LogP contribution in [0.2, 0.25) is 0 Å². The fourth-order valence-corrected chi connectivity index (χ4v) is 3.07. The fourth-order valence-electron chi connectivity index (χ4n) is 1.52. The third-order valence-corrected chi connectivity index (χ3v) is 4.23. The van der Waals surface area contributed by atoms with Crippen LogP contribution < -0.4 is 4.72 Å². The van der Waals surface area contributed by atoms with E-state index >= 15 is 0 Å². The predicted molar refractivity (Wildman–Crippen MR) is 65.7 cm³/mol. The van der Waals surface area contributed by atoms with E-state index in [0.717, 1.165) is 6.42 Å². The molecule has 0 spiro atoms. The number of hydrogen-bond acceptors (Lipinski definition) is 4. The Balaban J connectivity index is 2.64. The molecule has 0 aliphatic rings. The maximum atomic E-state index is 11.9. The number of nitrogens with one attached hydrogen (secondary N) is 1. The maximum absolute atomic E-state index is 11.9. The Labute approximate surface area is 107 Å². The van der Waals surface area contributed by atoms with Crippen LogP contribution >= 0.6 is 11.6 Å². The van der Waals surface area contributed by atoms with Crippen molar-refractivity contribution in [1.29, 1.82) is 0 Å². The van der Waals surface area contributed by atoms with E-state index in [-0.39, 0.29) is 10.3 Å². The van der Waals surface area contributed by atoms with Crippen LogP contribution in [0.1, 0.15) is 31.2 Å². The number of sulfonamides is 1. The minimum Gasteiger partial charge on any atom is -0.360 e. The second-order valence-electron chi connectivity index (χ2n) is 3.97. The number of rotatable bonds is 6. The summed E-state index contributed by atoms with van der Waals surface area (Å²) in [6.45, 7) is 5.43. The minimum absolute atomic E-state index is 0.0542. The van der Waals surface area contributed by atoms with Gasteiger partial charge in [0.15, 0.2) is 5.76 Å². The van der Waals surface area contributed by atoms with Crippen LogP contribution in [0.4, 0.5) is 0 Å². The first-order chi connectivity index (χ1) is 7.84. The molecule has 0 aliphatic carbocycles. The van der Waals surface area contributed by atoms with Gasteiger partial charge in [0.05, 0.1) is 0 Å². The molecule has 17 heavy (non-hydrogen) atoms. The summed E-state index contributed by atoms with van der Waals surface area (Å²) in [6, 6.07) is 0. The zero-order valence-electron chi connectivity index (χ0n) is 10.2. The van der Waals surface area contributed by atoms with Gasteiger partial charge in [0.1, 0.15) is 10.6 Å². The molecule has 1 aromatic rings. The van der Waals surface area contributed by atoms with Gasteiger partial charge in [0.25, 0.3) is 0 Å². The van der Waals surface area contributed by atoms with E-state index in [0.29, 0.717) is 24.4 Å². The van der Waals surface area contributed by atoms with Crippen molar-refractivity contribution in [3.63, 3.8) is 0 Å². The molecule has 0 saturated heterocycles. The highest BCUT2D eigenvalue weighted by Gasteiger charge is 2.23. The predicted octanol–water partition coefficient (Wildman–Crippen LogP) is 1.98. The Morgan fingerprint density at radius 2 is 2.12 bits per heavy atom. The van der Waals surface area contributed by atoms with E-state index in [2.05, 4.69) is 9.88 Å². The summed E-state index contributed by atoms with van der Waals surface area (Å²) < 4.78 is 31.2. The van der Waals surface area contributed by atoms with Crippen molar-refractivity contribution in [2.45, 2.75) is 43.9 Å². The standard InChI is InChI=1S/C10H17ClN2O3S/c1-7(11)5-4-6-12-17(14,15)10-8(2)13-16-9(10)3/h7,12H,4-6H2,1-3H3. The van der Waals surface area contributed by atoms with Gasteiger partial charge in [-0.1, -0.05) is 5.16 Å². The van der Waals surface area contributed by atoms with Crippen LogP contribution in [0.15, 0.2) is 9.42 Å². The summed E-state index contributed by atoms with van der Waals surface area (Å²) in [5, 5.41) is 3.68. The molecular formula is C10H17ClN2O3S. The molecule has 7 heteroatoms. The summed E-state index contributed by atoms with van der Waals surface area (Å²) in [5.41, 5.74) is 0.376. The second kappa shape index (κ2) is 5.84. The van der Waals surface area contributed by atoms with Gasteiger partial charge in [0.2, 0.25) is 10.0 Å². The van der Waals surface area contributed by atoms with Gasteiger partial charge < -0.3 is 4.52 Å². The Morgan fingerprint density at radius 1 is 1.47 bits per heavy atom. The molecule has 0 radical (unpaired) electrons. The number of hydrogen-bond donors (Lipinski definition) is 1. The third-order valence-electron chi connectivity index (χ3n) is 2.31. The average Bonchev–Trinajstić information content (AvgIpc) is 2.53. The number of alkyl halides is 1. The van der Waals surface area contributed by atoms with Crippen molar-refractivity contribution in [3.05, 3.63) is 11.5 Å². The molecule has 0 aromatic carbocycles. The first-order valence-corrected chi connectivity index (χ1v) is 7.33. The van der Waals surface area contributed by atoms with Gasteiger partial charge in [-0.2, -0.15) is 0 Å². The lowest BCUT2D eigenvalue weighted by molar-refractivity contribution is 0.390. The second-order valence-corrected chi connectivity index (χ2v) is 6.42. The van der Waals surface area contributed by atoms with Crippen LogP contribution in [0.3, 0.4) is 0 Å². The van der Waals surface area contributed by atoms with Crippen molar-refractivity contribution in [1.82, 2.24) is 9.88 Å². The van der Waals surface area contributed by atoms with Gasteiger partial charge in [-0.15, -0.1) is 11.6 Å². The van der Waals surface area contributed by atoms with Crippen molar-refractivity contribution in [2.75, 3.05) is 6.54 Å². The maximum Gasteiger partial charge on any atom is 0.245 e. The molecule has 1 rings (SSSR count). The van der Waals surface area contributed by atoms with E-state index in [4.69, 9.17) is 16.1 Å². The lowest BCUT2D eigenvalue weighted by atomic mass is 10.2. The van der Waals surface area contributed by atoms with Crippen LogP contribution in [0.25, 0.3) is 0 Å². The summed E-state index contributed by atoms with van der Waals surface area (Å²) in [6.07, 6.45) is 1.47. The molecule has 1 unspecified atom stereocenters. The number of aryl methyl sites for hydroxylation is 2. The van der Waals surface area contributed by atoms with E-state index in [1.807, 2.05) is 6.92 Å². The third kappa shape index (κ3) is 3.97. The topological polar surface area (TPSA) is 72.2 Å².